The second-order valence-electron chi connectivity index (χ2n) is 5.86. The molecular formula is C17H23N5O. The molecular weight excluding hydrogens is 290 g/mol. The molecule has 0 saturated carbocycles. The predicted molar refractivity (Wildman–Crippen MR) is 93.9 cm³/mol. The van der Waals surface area contributed by atoms with Gasteiger partial charge in [-0.25, -0.2) is 4.98 Å². The van der Waals surface area contributed by atoms with Gasteiger partial charge in [0.25, 0.3) is 0 Å². The molecule has 23 heavy (non-hydrogen) atoms. The number of benzene rings is 1. The Morgan fingerprint density at radius 1 is 1.09 bits per heavy atom. The smallest absolute Gasteiger partial charge is 0.227 e. The van der Waals surface area contributed by atoms with Gasteiger partial charge in [0.2, 0.25) is 5.95 Å². The molecule has 6 heteroatoms. The van der Waals surface area contributed by atoms with Crippen LogP contribution in [0, 0.1) is 6.92 Å². The fraction of sp³-hybridized carbons (Fsp3) is 0.412. The van der Waals surface area contributed by atoms with Crippen LogP contribution >= 0.6 is 0 Å². The molecule has 1 aromatic heterocycles. The number of ether oxygens (including phenoxy) is 1. The summed E-state index contributed by atoms with van der Waals surface area (Å²) in [5.74, 6) is 1.58. The maximum Gasteiger partial charge on any atom is 0.227 e. The summed E-state index contributed by atoms with van der Waals surface area (Å²) in [4.78, 5) is 13.4. The van der Waals surface area contributed by atoms with Crippen molar-refractivity contribution in [3.63, 3.8) is 0 Å². The minimum atomic E-state index is 0.728. The molecule has 0 atom stereocenters. The SMILES string of the molecule is Cc1cc(Nc2ccc(N(C)C)cc2)nc(N2CCOCC2)n1. The van der Waals surface area contributed by atoms with Crippen molar-refractivity contribution in [2.45, 2.75) is 6.92 Å². The van der Waals surface area contributed by atoms with E-state index in [4.69, 9.17) is 4.74 Å². The van der Waals surface area contributed by atoms with Crippen molar-refractivity contribution in [3.8, 4) is 0 Å². The van der Waals surface area contributed by atoms with Gasteiger partial charge in [-0.15, -0.1) is 0 Å². The van der Waals surface area contributed by atoms with Crippen molar-refractivity contribution in [1.82, 2.24) is 9.97 Å². The Morgan fingerprint density at radius 2 is 1.78 bits per heavy atom. The Hall–Kier alpha value is -2.34. The fourth-order valence-electron chi connectivity index (χ4n) is 2.51. The standard InChI is InChI=1S/C17H23N5O/c1-13-12-16(19-14-4-6-15(7-5-14)21(2)3)20-17(18-13)22-8-10-23-11-9-22/h4-7,12H,8-11H2,1-3H3,(H,18,19,20). The summed E-state index contributed by atoms with van der Waals surface area (Å²) in [6.07, 6.45) is 0. The van der Waals surface area contributed by atoms with E-state index in [-0.39, 0.29) is 0 Å². The third kappa shape index (κ3) is 3.90. The number of nitrogens with zero attached hydrogens (tertiary/aromatic N) is 4. The zero-order valence-corrected chi connectivity index (χ0v) is 13.9. The molecule has 0 radical (unpaired) electrons. The van der Waals surface area contributed by atoms with E-state index in [1.54, 1.807) is 0 Å². The van der Waals surface area contributed by atoms with Crippen LogP contribution in [0.15, 0.2) is 30.3 Å². The lowest BCUT2D eigenvalue weighted by atomic mass is 10.2. The Balaban J connectivity index is 1.78. The lowest BCUT2D eigenvalue weighted by Gasteiger charge is -2.27. The van der Waals surface area contributed by atoms with Crippen molar-refractivity contribution in [3.05, 3.63) is 36.0 Å². The monoisotopic (exact) mass is 313 g/mol. The van der Waals surface area contributed by atoms with Gasteiger partial charge in [0.1, 0.15) is 5.82 Å². The fourth-order valence-corrected chi connectivity index (χ4v) is 2.51. The van der Waals surface area contributed by atoms with Gasteiger partial charge < -0.3 is 19.9 Å². The highest BCUT2D eigenvalue weighted by atomic mass is 16.5. The molecule has 3 rings (SSSR count). The zero-order valence-electron chi connectivity index (χ0n) is 13.9. The molecule has 1 aliphatic heterocycles. The quantitative estimate of drug-likeness (QED) is 0.935. The van der Waals surface area contributed by atoms with Gasteiger partial charge in [0, 0.05) is 50.3 Å². The number of morpholine rings is 1. The topological polar surface area (TPSA) is 53.5 Å². The summed E-state index contributed by atoms with van der Waals surface area (Å²) in [6.45, 7) is 5.12. The molecule has 1 N–H and O–H groups in total. The van der Waals surface area contributed by atoms with Crippen LogP contribution < -0.4 is 15.1 Å². The lowest BCUT2D eigenvalue weighted by molar-refractivity contribution is 0.122. The minimum Gasteiger partial charge on any atom is -0.378 e. The van der Waals surface area contributed by atoms with Gasteiger partial charge in [-0.1, -0.05) is 0 Å². The molecule has 0 unspecified atom stereocenters. The van der Waals surface area contributed by atoms with Crippen LogP contribution in [0.4, 0.5) is 23.1 Å². The lowest BCUT2D eigenvalue weighted by Crippen LogP contribution is -2.37. The van der Waals surface area contributed by atoms with E-state index >= 15 is 0 Å². The average Bonchev–Trinajstić information content (AvgIpc) is 2.55. The van der Waals surface area contributed by atoms with Gasteiger partial charge in [-0.2, -0.15) is 4.98 Å². The molecule has 1 aromatic carbocycles. The first-order valence-electron chi connectivity index (χ1n) is 7.84. The van der Waals surface area contributed by atoms with E-state index in [1.165, 1.54) is 5.69 Å². The van der Waals surface area contributed by atoms with Crippen LogP contribution in [0.5, 0.6) is 0 Å². The van der Waals surface area contributed by atoms with Gasteiger partial charge in [-0.05, 0) is 31.2 Å². The minimum absolute atomic E-state index is 0.728. The van der Waals surface area contributed by atoms with Crippen LogP contribution in [-0.4, -0.2) is 50.4 Å². The van der Waals surface area contributed by atoms with Gasteiger partial charge in [0.15, 0.2) is 0 Å². The second kappa shape index (κ2) is 6.83. The van der Waals surface area contributed by atoms with Crippen molar-refractivity contribution < 1.29 is 4.74 Å². The number of hydrogen-bond donors (Lipinski definition) is 1. The van der Waals surface area contributed by atoms with E-state index in [0.29, 0.717) is 0 Å². The maximum atomic E-state index is 5.39. The number of rotatable bonds is 4. The van der Waals surface area contributed by atoms with Gasteiger partial charge >= 0.3 is 0 Å². The number of aromatic nitrogens is 2. The molecule has 6 nitrogen and oxygen atoms in total. The van der Waals surface area contributed by atoms with Crippen LogP contribution in [0.2, 0.25) is 0 Å². The van der Waals surface area contributed by atoms with E-state index < -0.39 is 0 Å². The van der Waals surface area contributed by atoms with E-state index in [2.05, 4.69) is 49.4 Å². The first-order valence-corrected chi connectivity index (χ1v) is 7.84. The predicted octanol–water partition coefficient (Wildman–Crippen LogP) is 2.43. The van der Waals surface area contributed by atoms with Gasteiger partial charge in [-0.3, -0.25) is 0 Å². The van der Waals surface area contributed by atoms with E-state index in [0.717, 1.165) is 49.5 Å². The molecule has 0 bridgehead atoms. The van der Waals surface area contributed by atoms with Crippen molar-refractivity contribution in [2.24, 2.45) is 0 Å². The highest BCUT2D eigenvalue weighted by Crippen LogP contribution is 2.21. The number of aryl methyl sites for hydroxylation is 1. The molecule has 122 valence electrons. The van der Waals surface area contributed by atoms with Crippen LogP contribution in [0.1, 0.15) is 5.69 Å². The highest BCUT2D eigenvalue weighted by molar-refractivity contribution is 5.61. The summed E-state index contributed by atoms with van der Waals surface area (Å²) in [5, 5.41) is 3.36. The average molecular weight is 313 g/mol. The van der Waals surface area contributed by atoms with Crippen LogP contribution in [0.3, 0.4) is 0 Å². The molecule has 2 aromatic rings. The van der Waals surface area contributed by atoms with Crippen molar-refractivity contribution in [1.29, 1.82) is 0 Å². The normalized spacial score (nSPS) is 14.7. The molecule has 0 aliphatic carbocycles. The summed E-state index contributed by atoms with van der Waals surface area (Å²) < 4.78 is 5.39. The molecule has 1 saturated heterocycles. The maximum absolute atomic E-state index is 5.39. The van der Waals surface area contributed by atoms with Crippen molar-refractivity contribution >= 4 is 23.1 Å². The molecule has 0 amide bonds. The first kappa shape index (κ1) is 15.6. The summed E-state index contributed by atoms with van der Waals surface area (Å²) in [7, 11) is 4.07. The zero-order chi connectivity index (χ0) is 16.2. The Labute approximate surface area is 137 Å². The van der Waals surface area contributed by atoms with Crippen LogP contribution in [-0.2, 0) is 4.74 Å². The second-order valence-corrected chi connectivity index (χ2v) is 5.86. The van der Waals surface area contributed by atoms with Crippen molar-refractivity contribution in [2.75, 3.05) is 55.5 Å². The van der Waals surface area contributed by atoms with Crippen LogP contribution in [0.25, 0.3) is 0 Å². The molecule has 2 heterocycles. The molecule has 1 aliphatic rings. The number of hydrogen-bond acceptors (Lipinski definition) is 6. The third-order valence-corrected chi connectivity index (χ3v) is 3.79. The number of nitrogens with one attached hydrogen (secondary N) is 1. The summed E-state index contributed by atoms with van der Waals surface area (Å²) >= 11 is 0. The molecule has 0 spiro atoms. The molecule has 1 fully saturated rings. The Kier molecular flexibility index (Phi) is 4.62. The highest BCUT2D eigenvalue weighted by Gasteiger charge is 2.15. The Bertz CT molecular complexity index is 651. The van der Waals surface area contributed by atoms with E-state index in [1.807, 2.05) is 27.1 Å². The number of anilines is 4. The Morgan fingerprint density at radius 3 is 2.43 bits per heavy atom. The first-order chi connectivity index (χ1) is 11.1. The van der Waals surface area contributed by atoms with Gasteiger partial charge in [0.05, 0.1) is 13.2 Å². The largest absolute Gasteiger partial charge is 0.378 e. The third-order valence-electron chi connectivity index (χ3n) is 3.79. The summed E-state index contributed by atoms with van der Waals surface area (Å²) in [6, 6.07) is 10.2. The van der Waals surface area contributed by atoms with E-state index in [9.17, 15) is 0 Å². The summed E-state index contributed by atoms with van der Waals surface area (Å²) in [5.41, 5.74) is 3.14.